The van der Waals surface area contributed by atoms with E-state index in [0.29, 0.717) is 12.1 Å². The van der Waals surface area contributed by atoms with Gasteiger partial charge < -0.3 is 15.3 Å². The first-order valence-electron chi connectivity index (χ1n) is 5.68. The van der Waals surface area contributed by atoms with Gasteiger partial charge in [0.15, 0.2) is 0 Å². The fourth-order valence-corrected chi connectivity index (χ4v) is 2.17. The summed E-state index contributed by atoms with van der Waals surface area (Å²) >= 11 is 11.4. The lowest BCUT2D eigenvalue weighted by molar-refractivity contribution is 0.0326. The molecule has 0 aliphatic rings. The highest BCUT2D eigenvalue weighted by molar-refractivity contribution is 6.33. The summed E-state index contributed by atoms with van der Waals surface area (Å²) in [6.45, 7) is 2.21. The van der Waals surface area contributed by atoms with Gasteiger partial charge in [-0.05, 0) is 33.2 Å². The van der Waals surface area contributed by atoms with E-state index in [9.17, 15) is 9.90 Å². The Balaban J connectivity index is 2.65. The summed E-state index contributed by atoms with van der Waals surface area (Å²) < 4.78 is 0. The Morgan fingerprint density at radius 2 is 1.95 bits per heavy atom. The number of nitrogens with zero attached hydrogens (tertiary/aromatic N) is 2. The highest BCUT2D eigenvalue weighted by Crippen LogP contribution is 2.14. The van der Waals surface area contributed by atoms with E-state index in [-0.39, 0.29) is 22.8 Å². The largest absolute Gasteiger partial charge is 0.387 e. The van der Waals surface area contributed by atoms with Crippen molar-refractivity contribution in [2.24, 2.45) is 0 Å². The van der Waals surface area contributed by atoms with Crippen molar-refractivity contribution < 1.29 is 9.90 Å². The maximum atomic E-state index is 11.9. The molecule has 0 fully saturated rings. The Kier molecular flexibility index (Phi) is 5.55. The lowest BCUT2D eigenvalue weighted by Gasteiger charge is -2.27. The first-order valence-corrected chi connectivity index (χ1v) is 6.43. The van der Waals surface area contributed by atoms with Crippen LogP contribution in [0.25, 0.3) is 0 Å². The van der Waals surface area contributed by atoms with Crippen LogP contribution in [0.5, 0.6) is 0 Å². The predicted octanol–water partition coefficient (Wildman–Crippen LogP) is 1.43. The Morgan fingerprint density at radius 3 is 2.42 bits per heavy atom. The zero-order valence-corrected chi connectivity index (χ0v) is 12.6. The van der Waals surface area contributed by atoms with Gasteiger partial charge >= 0.3 is 0 Å². The number of hydrogen-bond acceptors (Lipinski definition) is 4. The van der Waals surface area contributed by atoms with Crippen molar-refractivity contribution >= 4 is 29.1 Å². The molecule has 0 spiro atoms. The minimum Gasteiger partial charge on any atom is -0.387 e. The molecular formula is C12H17Cl2N3O2. The monoisotopic (exact) mass is 305 g/mol. The molecule has 7 heteroatoms. The second-order valence-corrected chi connectivity index (χ2v) is 5.69. The zero-order valence-electron chi connectivity index (χ0n) is 11.1. The first kappa shape index (κ1) is 16.2. The number of nitrogens with one attached hydrogen (secondary N) is 1. The van der Waals surface area contributed by atoms with E-state index in [1.165, 1.54) is 12.1 Å². The molecule has 0 aliphatic carbocycles. The van der Waals surface area contributed by atoms with E-state index in [1.807, 2.05) is 19.0 Å². The molecule has 0 saturated heterocycles. The van der Waals surface area contributed by atoms with Gasteiger partial charge in [-0.2, -0.15) is 0 Å². The number of amides is 1. The third-order valence-electron chi connectivity index (χ3n) is 2.31. The average molecular weight is 306 g/mol. The van der Waals surface area contributed by atoms with Gasteiger partial charge in [-0.3, -0.25) is 4.79 Å². The Labute approximate surface area is 122 Å². The number of hydrogen-bond donors (Lipinski definition) is 2. The molecular weight excluding hydrogens is 289 g/mol. The summed E-state index contributed by atoms with van der Waals surface area (Å²) in [5.74, 6) is -0.356. The van der Waals surface area contributed by atoms with Crippen LogP contribution in [0.4, 0.5) is 0 Å². The van der Waals surface area contributed by atoms with Gasteiger partial charge in [-0.25, -0.2) is 4.98 Å². The summed E-state index contributed by atoms with van der Waals surface area (Å²) in [7, 11) is 3.69. The van der Waals surface area contributed by atoms with Crippen LogP contribution in [0.15, 0.2) is 12.1 Å². The Morgan fingerprint density at radius 1 is 1.42 bits per heavy atom. The lowest BCUT2D eigenvalue weighted by atomic mass is 10.1. The maximum Gasteiger partial charge on any atom is 0.251 e. The third-order valence-corrected chi connectivity index (χ3v) is 2.70. The number of aliphatic hydroxyl groups is 1. The highest BCUT2D eigenvalue weighted by Gasteiger charge is 2.22. The molecule has 1 aromatic rings. The number of halogens is 2. The number of carbonyl (C=O) groups excluding carboxylic acids is 1. The van der Waals surface area contributed by atoms with Gasteiger partial charge in [0.25, 0.3) is 5.91 Å². The second kappa shape index (κ2) is 6.52. The van der Waals surface area contributed by atoms with Crippen LogP contribution in [0, 0.1) is 0 Å². The van der Waals surface area contributed by atoms with E-state index in [4.69, 9.17) is 23.2 Å². The van der Waals surface area contributed by atoms with Crippen molar-refractivity contribution in [2.45, 2.75) is 12.5 Å². The molecule has 1 amide bonds. The van der Waals surface area contributed by atoms with Gasteiger partial charge in [-0.1, -0.05) is 23.2 Å². The third kappa shape index (κ3) is 5.74. The van der Waals surface area contributed by atoms with E-state index < -0.39 is 5.60 Å². The fourth-order valence-electron chi connectivity index (χ4n) is 1.71. The van der Waals surface area contributed by atoms with Crippen LogP contribution >= 0.6 is 23.2 Å². The quantitative estimate of drug-likeness (QED) is 0.808. The molecule has 1 unspecified atom stereocenters. The molecule has 106 valence electrons. The van der Waals surface area contributed by atoms with Gasteiger partial charge in [0.1, 0.15) is 10.3 Å². The van der Waals surface area contributed by atoms with Crippen molar-refractivity contribution in [3.63, 3.8) is 0 Å². The minimum atomic E-state index is -1.01. The molecule has 1 rings (SSSR count). The summed E-state index contributed by atoms with van der Waals surface area (Å²) in [6.07, 6.45) is 0. The van der Waals surface area contributed by atoms with Crippen LogP contribution in [-0.4, -0.2) is 53.7 Å². The average Bonchev–Trinajstić information content (AvgIpc) is 2.22. The SMILES string of the molecule is CN(C)CC(C)(O)CNC(=O)c1cc(Cl)nc(Cl)c1. The molecule has 1 aromatic heterocycles. The maximum absolute atomic E-state index is 11.9. The second-order valence-electron chi connectivity index (χ2n) is 4.92. The topological polar surface area (TPSA) is 65.5 Å². The molecule has 2 N–H and O–H groups in total. The summed E-state index contributed by atoms with van der Waals surface area (Å²) in [5, 5.41) is 13.0. The van der Waals surface area contributed by atoms with Crippen molar-refractivity contribution in [1.82, 2.24) is 15.2 Å². The van der Waals surface area contributed by atoms with Crippen LogP contribution in [0.2, 0.25) is 10.3 Å². The zero-order chi connectivity index (χ0) is 14.6. The van der Waals surface area contributed by atoms with Crippen LogP contribution in [-0.2, 0) is 0 Å². The molecule has 0 aromatic carbocycles. The smallest absolute Gasteiger partial charge is 0.251 e. The van der Waals surface area contributed by atoms with Crippen LogP contribution < -0.4 is 5.32 Å². The summed E-state index contributed by atoms with van der Waals surface area (Å²) in [5.41, 5.74) is -0.703. The summed E-state index contributed by atoms with van der Waals surface area (Å²) in [4.78, 5) is 17.5. The molecule has 0 saturated carbocycles. The van der Waals surface area contributed by atoms with Crippen molar-refractivity contribution in [3.05, 3.63) is 28.0 Å². The van der Waals surface area contributed by atoms with Crippen molar-refractivity contribution in [2.75, 3.05) is 27.2 Å². The van der Waals surface area contributed by atoms with E-state index in [0.717, 1.165) is 0 Å². The Bertz CT molecular complexity index is 444. The van der Waals surface area contributed by atoms with Gasteiger partial charge in [0.05, 0.1) is 5.60 Å². The molecule has 0 radical (unpaired) electrons. The molecule has 0 aliphatic heterocycles. The van der Waals surface area contributed by atoms with E-state index in [2.05, 4.69) is 10.3 Å². The molecule has 0 bridgehead atoms. The van der Waals surface area contributed by atoms with Crippen LogP contribution in [0.1, 0.15) is 17.3 Å². The number of aromatic nitrogens is 1. The van der Waals surface area contributed by atoms with Gasteiger partial charge in [0, 0.05) is 18.7 Å². The number of likely N-dealkylation sites (N-methyl/N-ethyl adjacent to an activating group) is 1. The predicted molar refractivity (Wildman–Crippen MR) is 75.8 cm³/mol. The molecule has 19 heavy (non-hydrogen) atoms. The standard InChI is InChI=1S/C12H17Cl2N3O2/c1-12(19,7-17(2)3)6-15-11(18)8-4-9(13)16-10(14)5-8/h4-5,19H,6-7H2,1-3H3,(H,15,18). The number of carbonyl (C=O) groups is 1. The normalized spacial score (nSPS) is 14.3. The first-order chi connectivity index (χ1) is 8.69. The number of rotatable bonds is 5. The lowest BCUT2D eigenvalue weighted by Crippen LogP contribution is -2.47. The fraction of sp³-hybridized carbons (Fsp3) is 0.500. The Hall–Kier alpha value is -0.880. The van der Waals surface area contributed by atoms with Crippen LogP contribution in [0.3, 0.4) is 0 Å². The molecule has 1 atom stereocenters. The van der Waals surface area contributed by atoms with Crippen molar-refractivity contribution in [1.29, 1.82) is 0 Å². The van der Waals surface area contributed by atoms with E-state index in [1.54, 1.807) is 6.92 Å². The van der Waals surface area contributed by atoms with Gasteiger partial charge in [-0.15, -0.1) is 0 Å². The van der Waals surface area contributed by atoms with Crippen molar-refractivity contribution in [3.8, 4) is 0 Å². The molecule has 1 heterocycles. The highest BCUT2D eigenvalue weighted by atomic mass is 35.5. The number of pyridine rings is 1. The molecule has 5 nitrogen and oxygen atoms in total. The minimum absolute atomic E-state index is 0.127. The van der Waals surface area contributed by atoms with Gasteiger partial charge in [0.2, 0.25) is 0 Å². The van der Waals surface area contributed by atoms with E-state index >= 15 is 0 Å². The summed E-state index contributed by atoms with van der Waals surface area (Å²) in [6, 6.07) is 2.84.